The lowest BCUT2D eigenvalue weighted by Gasteiger charge is -2.13. The molecule has 1 aromatic carbocycles. The number of nitrogens with one attached hydrogen (secondary N) is 1. The zero-order valence-corrected chi connectivity index (χ0v) is 13.1. The lowest BCUT2D eigenvalue weighted by atomic mass is 10.00. The van der Waals surface area contributed by atoms with Crippen molar-refractivity contribution in [1.29, 1.82) is 0 Å². The standard InChI is InChI=1S/C16H19N7/c1-3-11(14-21-15(17)23-16(18)22-14)12-9(2)19-13(20-12)10-7-5-4-6-8-10/h4-8,11H,3H2,1-2H3,(H,19,20)(H4,17,18,21,22,23). The summed E-state index contributed by atoms with van der Waals surface area (Å²) in [6, 6.07) is 9.98. The highest BCUT2D eigenvalue weighted by atomic mass is 15.1. The van der Waals surface area contributed by atoms with Crippen LogP contribution in [0.4, 0.5) is 11.9 Å². The predicted molar refractivity (Wildman–Crippen MR) is 89.5 cm³/mol. The van der Waals surface area contributed by atoms with E-state index in [4.69, 9.17) is 11.5 Å². The van der Waals surface area contributed by atoms with E-state index in [1.807, 2.05) is 37.3 Å². The molecule has 2 aromatic heterocycles. The first kappa shape index (κ1) is 15.0. The van der Waals surface area contributed by atoms with Crippen LogP contribution in [0.2, 0.25) is 0 Å². The molecule has 3 rings (SSSR count). The second-order valence-corrected chi connectivity index (χ2v) is 5.32. The van der Waals surface area contributed by atoms with Crippen LogP contribution in [0.25, 0.3) is 11.4 Å². The Morgan fingerprint density at radius 1 is 1.00 bits per heavy atom. The van der Waals surface area contributed by atoms with Crippen molar-refractivity contribution in [3.63, 3.8) is 0 Å². The van der Waals surface area contributed by atoms with E-state index < -0.39 is 0 Å². The Hall–Kier alpha value is -2.96. The number of H-pyrrole nitrogens is 1. The SMILES string of the molecule is CCC(c1nc(N)nc(N)n1)c1[nH]c(-c2ccccc2)nc1C. The van der Waals surface area contributed by atoms with Crippen molar-refractivity contribution in [1.82, 2.24) is 24.9 Å². The molecule has 0 radical (unpaired) electrons. The average molecular weight is 309 g/mol. The lowest BCUT2D eigenvalue weighted by molar-refractivity contribution is 0.692. The van der Waals surface area contributed by atoms with Gasteiger partial charge in [-0.1, -0.05) is 37.3 Å². The van der Waals surface area contributed by atoms with Gasteiger partial charge in [-0.2, -0.15) is 15.0 Å². The molecular weight excluding hydrogens is 290 g/mol. The molecule has 7 nitrogen and oxygen atoms in total. The van der Waals surface area contributed by atoms with Gasteiger partial charge in [0.05, 0.1) is 11.6 Å². The molecule has 0 amide bonds. The number of hydrogen-bond acceptors (Lipinski definition) is 6. The van der Waals surface area contributed by atoms with E-state index in [2.05, 4.69) is 31.8 Å². The molecule has 23 heavy (non-hydrogen) atoms. The molecule has 0 saturated carbocycles. The quantitative estimate of drug-likeness (QED) is 0.680. The van der Waals surface area contributed by atoms with Crippen LogP contribution in [0.3, 0.4) is 0 Å². The van der Waals surface area contributed by atoms with Crippen LogP contribution >= 0.6 is 0 Å². The number of imidazole rings is 1. The van der Waals surface area contributed by atoms with Gasteiger partial charge in [-0.15, -0.1) is 0 Å². The van der Waals surface area contributed by atoms with E-state index in [0.29, 0.717) is 5.82 Å². The minimum atomic E-state index is -0.0624. The van der Waals surface area contributed by atoms with Crippen LogP contribution in [-0.2, 0) is 0 Å². The highest BCUT2D eigenvalue weighted by molar-refractivity contribution is 5.56. The Morgan fingerprint density at radius 3 is 2.26 bits per heavy atom. The molecule has 0 fully saturated rings. The van der Waals surface area contributed by atoms with E-state index in [1.54, 1.807) is 0 Å². The molecule has 0 bridgehead atoms. The first-order valence-electron chi connectivity index (χ1n) is 7.47. The smallest absolute Gasteiger partial charge is 0.225 e. The van der Waals surface area contributed by atoms with Crippen LogP contribution in [0.5, 0.6) is 0 Å². The number of aryl methyl sites for hydroxylation is 1. The van der Waals surface area contributed by atoms with Crippen LogP contribution in [0.1, 0.15) is 36.5 Å². The van der Waals surface area contributed by atoms with Crippen molar-refractivity contribution in [2.45, 2.75) is 26.2 Å². The molecule has 0 spiro atoms. The van der Waals surface area contributed by atoms with Gasteiger partial charge >= 0.3 is 0 Å². The van der Waals surface area contributed by atoms with Crippen LogP contribution in [-0.4, -0.2) is 24.9 Å². The molecular formula is C16H19N7. The van der Waals surface area contributed by atoms with Crippen molar-refractivity contribution in [3.05, 3.63) is 47.5 Å². The van der Waals surface area contributed by atoms with Crippen molar-refractivity contribution in [3.8, 4) is 11.4 Å². The minimum Gasteiger partial charge on any atom is -0.368 e. The first-order chi connectivity index (χ1) is 11.1. The van der Waals surface area contributed by atoms with Crippen LogP contribution < -0.4 is 11.5 Å². The molecule has 7 heteroatoms. The summed E-state index contributed by atoms with van der Waals surface area (Å²) in [6.45, 7) is 4.03. The normalized spacial score (nSPS) is 12.3. The van der Waals surface area contributed by atoms with Crippen LogP contribution in [0.15, 0.2) is 30.3 Å². The summed E-state index contributed by atoms with van der Waals surface area (Å²) in [4.78, 5) is 20.3. The zero-order valence-electron chi connectivity index (χ0n) is 13.1. The van der Waals surface area contributed by atoms with Gasteiger partial charge in [0.1, 0.15) is 11.6 Å². The predicted octanol–water partition coefficient (Wildman–Crippen LogP) is 2.28. The molecule has 1 atom stereocenters. The molecule has 0 aliphatic rings. The molecule has 3 aromatic rings. The Morgan fingerprint density at radius 2 is 1.65 bits per heavy atom. The van der Waals surface area contributed by atoms with Gasteiger partial charge in [-0.05, 0) is 13.3 Å². The molecule has 1 unspecified atom stereocenters. The average Bonchev–Trinajstić information content (AvgIpc) is 2.90. The van der Waals surface area contributed by atoms with Crippen LogP contribution in [0, 0.1) is 6.92 Å². The number of nitrogen functional groups attached to an aromatic ring is 2. The maximum absolute atomic E-state index is 5.70. The third kappa shape index (κ3) is 2.98. The van der Waals surface area contributed by atoms with Gasteiger partial charge in [0.15, 0.2) is 0 Å². The summed E-state index contributed by atoms with van der Waals surface area (Å²) in [5, 5.41) is 0. The molecule has 0 aliphatic heterocycles. The number of aromatic nitrogens is 5. The van der Waals surface area contributed by atoms with E-state index >= 15 is 0 Å². The summed E-state index contributed by atoms with van der Waals surface area (Å²) < 4.78 is 0. The van der Waals surface area contributed by atoms with Gasteiger partial charge in [0.2, 0.25) is 11.9 Å². The fourth-order valence-corrected chi connectivity index (χ4v) is 2.64. The molecule has 2 heterocycles. The molecule has 0 saturated heterocycles. The number of nitrogens with two attached hydrogens (primary N) is 2. The molecule has 118 valence electrons. The Bertz CT molecular complexity index is 790. The lowest BCUT2D eigenvalue weighted by Crippen LogP contribution is -2.12. The molecule has 5 N–H and O–H groups in total. The highest BCUT2D eigenvalue weighted by Gasteiger charge is 2.22. The number of anilines is 2. The number of nitrogens with zero attached hydrogens (tertiary/aromatic N) is 4. The first-order valence-corrected chi connectivity index (χ1v) is 7.47. The Kier molecular flexibility index (Phi) is 3.92. The monoisotopic (exact) mass is 309 g/mol. The minimum absolute atomic E-state index is 0.0624. The fraction of sp³-hybridized carbons (Fsp3) is 0.250. The second kappa shape index (κ2) is 6.04. The third-order valence-electron chi connectivity index (χ3n) is 3.73. The maximum atomic E-state index is 5.70. The summed E-state index contributed by atoms with van der Waals surface area (Å²) in [7, 11) is 0. The van der Waals surface area contributed by atoms with Gasteiger partial charge in [0, 0.05) is 11.3 Å². The van der Waals surface area contributed by atoms with Crippen molar-refractivity contribution in [2.75, 3.05) is 11.5 Å². The van der Waals surface area contributed by atoms with Crippen molar-refractivity contribution < 1.29 is 0 Å². The highest BCUT2D eigenvalue weighted by Crippen LogP contribution is 2.29. The van der Waals surface area contributed by atoms with E-state index in [-0.39, 0.29) is 17.8 Å². The zero-order chi connectivity index (χ0) is 16.4. The van der Waals surface area contributed by atoms with Crippen molar-refractivity contribution in [2.24, 2.45) is 0 Å². The number of benzene rings is 1. The Labute approximate surface area is 134 Å². The summed E-state index contributed by atoms with van der Waals surface area (Å²) >= 11 is 0. The van der Waals surface area contributed by atoms with Crippen molar-refractivity contribution >= 4 is 11.9 Å². The number of rotatable bonds is 4. The topological polar surface area (TPSA) is 119 Å². The Balaban J connectivity index is 2.04. The van der Waals surface area contributed by atoms with Gasteiger partial charge in [0.25, 0.3) is 0 Å². The van der Waals surface area contributed by atoms with E-state index in [1.165, 1.54) is 0 Å². The number of hydrogen-bond donors (Lipinski definition) is 3. The van der Waals surface area contributed by atoms with E-state index in [9.17, 15) is 0 Å². The summed E-state index contributed by atoms with van der Waals surface area (Å²) in [5.41, 5.74) is 14.3. The maximum Gasteiger partial charge on any atom is 0.225 e. The summed E-state index contributed by atoms with van der Waals surface area (Å²) in [6.07, 6.45) is 0.792. The van der Waals surface area contributed by atoms with Gasteiger partial charge in [-0.3, -0.25) is 0 Å². The summed E-state index contributed by atoms with van der Waals surface area (Å²) in [5.74, 6) is 1.58. The molecule has 0 aliphatic carbocycles. The second-order valence-electron chi connectivity index (χ2n) is 5.32. The van der Waals surface area contributed by atoms with Gasteiger partial charge < -0.3 is 16.5 Å². The largest absolute Gasteiger partial charge is 0.368 e. The number of aromatic amines is 1. The van der Waals surface area contributed by atoms with E-state index in [0.717, 1.165) is 29.2 Å². The third-order valence-corrected chi connectivity index (χ3v) is 3.73. The van der Waals surface area contributed by atoms with Gasteiger partial charge in [-0.25, -0.2) is 4.98 Å². The fourth-order valence-electron chi connectivity index (χ4n) is 2.64.